The van der Waals surface area contributed by atoms with Crippen molar-refractivity contribution in [2.75, 3.05) is 67.9 Å². The number of carbonyl (C=O) groups excluding carboxylic acids is 5. The number of rotatable bonds is 29. The van der Waals surface area contributed by atoms with Crippen LogP contribution in [-0.2, 0) is 58.4 Å². The van der Waals surface area contributed by atoms with Gasteiger partial charge in [-0.25, -0.2) is 0 Å². The number of likely N-dealkylation sites (tertiary alicyclic amines) is 2. The summed E-state index contributed by atoms with van der Waals surface area (Å²) in [6.07, 6.45) is 3.37. The molecule has 12 atom stereocenters. The Morgan fingerprint density at radius 1 is 0.940 bits per heavy atom. The summed E-state index contributed by atoms with van der Waals surface area (Å²) < 4.78 is 41.2. The highest BCUT2D eigenvalue weighted by molar-refractivity contribution is 7.40. The first-order chi connectivity index (χ1) is 32.1. The van der Waals surface area contributed by atoms with Gasteiger partial charge in [0.05, 0.1) is 69.5 Å². The van der Waals surface area contributed by atoms with Gasteiger partial charge in [0.1, 0.15) is 17.9 Å². The van der Waals surface area contributed by atoms with Crippen molar-refractivity contribution in [3.8, 4) is 0 Å². The number of hydrogen-bond acceptors (Lipinski definition) is 12. The summed E-state index contributed by atoms with van der Waals surface area (Å²) >= 11 is 0. The monoisotopic (exact) mass is 961 g/mol. The summed E-state index contributed by atoms with van der Waals surface area (Å²) in [5.41, 5.74) is 9.28. The van der Waals surface area contributed by atoms with Crippen LogP contribution in [0.2, 0.25) is 0 Å². The first kappa shape index (κ1) is 55.5. The molecule has 1 aromatic carbocycles. The molecule has 376 valence electrons. The average Bonchev–Trinajstić information content (AvgIpc) is 4.10. The number of hydrogen-bond donors (Lipinski definition) is 2. The van der Waals surface area contributed by atoms with Gasteiger partial charge in [-0.15, -0.1) is 0 Å². The number of likely N-dealkylation sites (N-methyl/N-ethyl adjacent to an activating group) is 1. The van der Waals surface area contributed by atoms with Crippen LogP contribution in [0, 0.1) is 23.7 Å². The second-order valence-corrected chi connectivity index (χ2v) is 20.2. The number of benzene rings is 1. The predicted octanol–water partition coefficient (Wildman–Crippen LogP) is 4.97. The maximum absolute atomic E-state index is 14.6. The SMILES string of the molecule is CC[C@H](C)[C@@H]([C@@H](CC(=O)N1CCC[C@H]1[C@H](OC)[C@@H](C)C(=O)N[C@@H](Cc1ccccc1)[PH](=O)OC)OC)N(C)C(=O)[C@@H](NC(=O)[C@@H]1[C@H]2CC[C@H](C2)N1C(=O)CCOCCOCCN=[N+]=[N-])C(C)C. The molecule has 2 aliphatic heterocycles. The number of piperidine rings is 1. The molecule has 3 aliphatic rings. The van der Waals surface area contributed by atoms with Crippen molar-refractivity contribution in [1.29, 1.82) is 0 Å². The van der Waals surface area contributed by atoms with Crippen LogP contribution in [0.15, 0.2) is 35.4 Å². The normalized spacial score (nSPS) is 22.5. The van der Waals surface area contributed by atoms with E-state index in [1.54, 1.807) is 28.7 Å². The second-order valence-electron chi connectivity index (χ2n) is 18.5. The molecule has 67 heavy (non-hydrogen) atoms. The van der Waals surface area contributed by atoms with Crippen LogP contribution in [0.4, 0.5) is 0 Å². The van der Waals surface area contributed by atoms with Crippen molar-refractivity contribution >= 4 is 37.6 Å². The van der Waals surface area contributed by atoms with E-state index in [1.807, 2.05) is 58.0 Å². The van der Waals surface area contributed by atoms with E-state index in [2.05, 4.69) is 20.7 Å². The van der Waals surface area contributed by atoms with Crippen LogP contribution < -0.4 is 10.6 Å². The van der Waals surface area contributed by atoms with Gasteiger partial charge in [0.2, 0.25) is 37.6 Å². The van der Waals surface area contributed by atoms with Crippen LogP contribution in [0.3, 0.4) is 0 Å². The Kier molecular flexibility index (Phi) is 23.0. The number of azide groups is 1. The van der Waals surface area contributed by atoms with Crippen molar-refractivity contribution in [1.82, 2.24) is 25.3 Å². The first-order valence-corrected chi connectivity index (χ1v) is 25.3. The molecule has 1 aromatic rings. The van der Waals surface area contributed by atoms with Crippen LogP contribution in [0.5, 0.6) is 0 Å². The number of carbonyl (C=O) groups is 5. The molecule has 0 spiro atoms. The Labute approximate surface area is 397 Å². The molecule has 2 heterocycles. The largest absolute Gasteiger partial charge is 0.379 e. The smallest absolute Gasteiger partial charge is 0.245 e. The third kappa shape index (κ3) is 15.0. The molecule has 1 unspecified atom stereocenters. The summed E-state index contributed by atoms with van der Waals surface area (Å²) in [5.74, 6) is -3.26. The molecule has 2 saturated heterocycles. The average molecular weight is 961 g/mol. The molecule has 0 radical (unpaired) electrons. The highest BCUT2D eigenvalue weighted by Crippen LogP contribution is 2.43. The Morgan fingerprint density at radius 2 is 1.64 bits per heavy atom. The van der Waals surface area contributed by atoms with Crippen molar-refractivity contribution in [2.24, 2.45) is 28.8 Å². The molecular weight excluding hydrogens is 884 g/mol. The second kappa shape index (κ2) is 27.8. The molecule has 19 nitrogen and oxygen atoms in total. The number of fused-ring (bicyclic) bond motifs is 2. The van der Waals surface area contributed by atoms with Crippen LogP contribution in [0.1, 0.15) is 91.5 Å². The summed E-state index contributed by atoms with van der Waals surface area (Å²) in [7, 11) is 3.49. The van der Waals surface area contributed by atoms with Crippen LogP contribution in [0.25, 0.3) is 10.4 Å². The van der Waals surface area contributed by atoms with E-state index >= 15 is 0 Å². The molecule has 5 amide bonds. The zero-order valence-corrected chi connectivity index (χ0v) is 42.1. The third-order valence-electron chi connectivity index (χ3n) is 13.9. The topological polar surface area (TPSA) is 231 Å². The minimum atomic E-state index is -2.63. The zero-order valence-electron chi connectivity index (χ0n) is 41.1. The number of amides is 5. The zero-order chi connectivity index (χ0) is 49.2. The highest BCUT2D eigenvalue weighted by atomic mass is 31.1. The summed E-state index contributed by atoms with van der Waals surface area (Å²) in [6.45, 7) is 11.2. The van der Waals surface area contributed by atoms with Gasteiger partial charge >= 0.3 is 0 Å². The molecule has 2 bridgehead atoms. The van der Waals surface area contributed by atoms with E-state index in [1.165, 1.54) is 21.3 Å². The molecule has 2 N–H and O–H groups in total. The van der Waals surface area contributed by atoms with E-state index in [0.717, 1.165) is 24.8 Å². The van der Waals surface area contributed by atoms with Gasteiger partial charge in [-0.1, -0.05) is 76.5 Å². The standard InChI is InChI=1S/C47H77N8O11P/c1-10-31(4)42(37(62-7)29-40(57)54-22-14-17-36(54)44(63-8)32(5)45(58)50-38(67(61)64-9)27-33-15-12-11-13-16-33)53(6)47(60)41(30(2)3)51-46(59)43-34-18-19-35(28-34)55(43)39(56)20-23-65-25-26-66-24-21-49-52-48/h11-13,15-16,30-32,34-38,41-44,67H,10,14,17-29H2,1-9H3,(H,50,58)(H,51,59)/t31-,32+,34-,35+,36-,37+,38+,41-,42-,43-,44+/m0/s1. The van der Waals surface area contributed by atoms with Gasteiger partial charge in [0.15, 0.2) is 0 Å². The third-order valence-corrected chi connectivity index (χ3v) is 15.3. The summed E-state index contributed by atoms with van der Waals surface area (Å²) in [4.78, 5) is 78.5. The Bertz CT molecular complexity index is 1840. The lowest BCUT2D eigenvalue weighted by molar-refractivity contribution is -0.149. The minimum absolute atomic E-state index is 0.0140. The minimum Gasteiger partial charge on any atom is -0.379 e. The van der Waals surface area contributed by atoms with Gasteiger partial charge in [-0.05, 0) is 61.0 Å². The van der Waals surface area contributed by atoms with E-state index in [0.29, 0.717) is 38.8 Å². The number of nitrogens with zero attached hydrogens (tertiary/aromatic N) is 6. The van der Waals surface area contributed by atoms with Gasteiger partial charge in [-0.2, -0.15) is 0 Å². The van der Waals surface area contributed by atoms with Gasteiger partial charge in [-0.3, -0.25) is 28.5 Å². The van der Waals surface area contributed by atoms with Crippen molar-refractivity contribution < 1.29 is 52.0 Å². The lowest BCUT2D eigenvalue weighted by atomic mass is 9.89. The van der Waals surface area contributed by atoms with Gasteiger partial charge in [0.25, 0.3) is 0 Å². The number of ether oxygens (including phenoxy) is 4. The Morgan fingerprint density at radius 3 is 2.27 bits per heavy atom. The van der Waals surface area contributed by atoms with Crippen LogP contribution in [-0.4, -0.2) is 160 Å². The molecule has 1 saturated carbocycles. The van der Waals surface area contributed by atoms with Gasteiger partial charge in [0, 0.05) is 58.8 Å². The quantitative estimate of drug-likeness (QED) is 0.0358. The van der Waals surface area contributed by atoms with Crippen molar-refractivity contribution in [2.45, 2.75) is 141 Å². The molecular formula is C47H77N8O11P. The fraction of sp³-hybridized carbons (Fsp3) is 0.766. The fourth-order valence-electron chi connectivity index (χ4n) is 10.2. The highest BCUT2D eigenvalue weighted by Gasteiger charge is 2.52. The van der Waals surface area contributed by atoms with Crippen molar-refractivity contribution in [3.63, 3.8) is 0 Å². The van der Waals surface area contributed by atoms with E-state index in [4.69, 9.17) is 29.0 Å². The lowest BCUT2D eigenvalue weighted by Crippen LogP contribution is -2.60. The summed E-state index contributed by atoms with van der Waals surface area (Å²) in [6, 6.07) is 6.82. The lowest BCUT2D eigenvalue weighted by Gasteiger charge is -2.41. The number of nitrogens with one attached hydrogen (secondary N) is 2. The van der Waals surface area contributed by atoms with Gasteiger partial charge < -0.3 is 48.8 Å². The van der Waals surface area contributed by atoms with Crippen molar-refractivity contribution in [3.05, 3.63) is 46.3 Å². The van der Waals surface area contributed by atoms with E-state index < -0.39 is 56.1 Å². The molecule has 3 fully saturated rings. The Balaban J connectivity index is 1.42. The summed E-state index contributed by atoms with van der Waals surface area (Å²) in [5, 5.41) is 9.41. The maximum Gasteiger partial charge on any atom is 0.245 e. The number of methoxy groups -OCH3 is 2. The van der Waals surface area contributed by atoms with E-state index in [9.17, 15) is 28.5 Å². The van der Waals surface area contributed by atoms with Crippen LogP contribution >= 0.6 is 8.03 Å². The fourth-order valence-corrected chi connectivity index (χ4v) is 11.2. The molecule has 0 aromatic heterocycles. The maximum atomic E-state index is 14.6. The first-order valence-electron chi connectivity index (χ1n) is 23.9. The molecule has 4 rings (SSSR count). The molecule has 20 heteroatoms. The molecule has 1 aliphatic carbocycles. The predicted molar refractivity (Wildman–Crippen MR) is 253 cm³/mol. The van der Waals surface area contributed by atoms with E-state index in [-0.39, 0.29) is 92.5 Å². The Hall–Kier alpha value is -4.09.